The van der Waals surface area contributed by atoms with Crippen molar-refractivity contribution in [3.05, 3.63) is 15.6 Å². The van der Waals surface area contributed by atoms with Crippen molar-refractivity contribution < 1.29 is 0 Å². The summed E-state index contributed by atoms with van der Waals surface area (Å²) in [7, 11) is 1.99. The summed E-state index contributed by atoms with van der Waals surface area (Å²) in [4.78, 5) is 4.21. The van der Waals surface area contributed by atoms with Crippen LogP contribution < -0.4 is 5.32 Å². The van der Waals surface area contributed by atoms with Gasteiger partial charge in [-0.05, 0) is 59.9 Å². The third kappa shape index (κ3) is 1.83. The van der Waals surface area contributed by atoms with Crippen molar-refractivity contribution in [2.45, 2.75) is 19.4 Å². The number of nitrogens with one attached hydrogen (secondary N) is 1. The van der Waals surface area contributed by atoms with E-state index in [9.17, 15) is 0 Å². The third-order valence-electron chi connectivity index (χ3n) is 2.70. The summed E-state index contributed by atoms with van der Waals surface area (Å²) >= 11 is 9.46. The Morgan fingerprint density at radius 2 is 2.50 bits per heavy atom. The monoisotopic (exact) mass is 277 g/mol. The van der Waals surface area contributed by atoms with E-state index in [1.807, 2.05) is 7.05 Å². The van der Waals surface area contributed by atoms with Crippen LogP contribution in [0.3, 0.4) is 0 Å². The van der Waals surface area contributed by atoms with Crippen molar-refractivity contribution in [1.82, 2.24) is 14.9 Å². The van der Waals surface area contributed by atoms with Gasteiger partial charge in [-0.3, -0.25) is 0 Å². The van der Waals surface area contributed by atoms with Gasteiger partial charge in [0, 0.05) is 6.54 Å². The van der Waals surface area contributed by atoms with Crippen LogP contribution in [0.1, 0.15) is 12.1 Å². The van der Waals surface area contributed by atoms with Crippen LogP contribution in [-0.4, -0.2) is 23.1 Å². The molecule has 1 aromatic rings. The second kappa shape index (κ2) is 4.21. The standard InChI is InChI=1S/C9H13BrClN3/c1-12-4-6-2-3-7-8(10)13-9(11)14(7)5-6/h6,12H,2-5H2,1H3. The minimum absolute atomic E-state index is 0.604. The molecule has 0 fully saturated rings. The second-order valence-corrected chi connectivity index (χ2v) is 4.78. The molecule has 78 valence electrons. The van der Waals surface area contributed by atoms with E-state index in [1.54, 1.807) is 0 Å². The van der Waals surface area contributed by atoms with Gasteiger partial charge in [-0.1, -0.05) is 0 Å². The van der Waals surface area contributed by atoms with Crippen LogP contribution in [0.4, 0.5) is 0 Å². The number of aromatic nitrogens is 2. The highest BCUT2D eigenvalue weighted by atomic mass is 79.9. The van der Waals surface area contributed by atoms with Crippen LogP contribution in [-0.2, 0) is 13.0 Å². The summed E-state index contributed by atoms with van der Waals surface area (Å²) in [5, 5.41) is 3.81. The van der Waals surface area contributed by atoms with Gasteiger partial charge < -0.3 is 9.88 Å². The average Bonchev–Trinajstić information content (AvgIpc) is 2.43. The molecule has 2 rings (SSSR count). The summed E-state index contributed by atoms with van der Waals surface area (Å²) in [6, 6.07) is 0. The second-order valence-electron chi connectivity index (χ2n) is 3.69. The van der Waals surface area contributed by atoms with Gasteiger partial charge in [0.05, 0.1) is 5.69 Å². The summed E-state index contributed by atoms with van der Waals surface area (Å²) in [6.45, 7) is 2.03. The van der Waals surface area contributed by atoms with Crippen molar-refractivity contribution >= 4 is 27.5 Å². The van der Waals surface area contributed by atoms with Crippen molar-refractivity contribution in [2.24, 2.45) is 5.92 Å². The van der Waals surface area contributed by atoms with Crippen molar-refractivity contribution in [2.75, 3.05) is 13.6 Å². The van der Waals surface area contributed by atoms with Gasteiger partial charge in [0.25, 0.3) is 0 Å². The fraction of sp³-hybridized carbons (Fsp3) is 0.667. The highest BCUT2D eigenvalue weighted by molar-refractivity contribution is 9.10. The minimum atomic E-state index is 0.604. The smallest absolute Gasteiger partial charge is 0.204 e. The summed E-state index contributed by atoms with van der Waals surface area (Å²) in [6.07, 6.45) is 2.27. The molecule has 1 aliphatic rings. The van der Waals surface area contributed by atoms with E-state index >= 15 is 0 Å². The number of nitrogens with zero attached hydrogens (tertiary/aromatic N) is 2. The molecule has 2 heterocycles. The van der Waals surface area contributed by atoms with Gasteiger partial charge in [-0.15, -0.1) is 0 Å². The molecule has 5 heteroatoms. The molecular formula is C9H13BrClN3. The lowest BCUT2D eigenvalue weighted by Crippen LogP contribution is -2.28. The van der Waals surface area contributed by atoms with Crippen LogP contribution in [0.2, 0.25) is 5.28 Å². The lowest BCUT2D eigenvalue weighted by atomic mass is 9.98. The van der Waals surface area contributed by atoms with Gasteiger partial charge in [0.1, 0.15) is 4.60 Å². The first-order valence-corrected chi connectivity index (χ1v) is 5.94. The summed E-state index contributed by atoms with van der Waals surface area (Å²) < 4.78 is 3.02. The Kier molecular flexibility index (Phi) is 3.14. The Bertz CT molecular complexity index is 337. The Balaban J connectivity index is 2.21. The third-order valence-corrected chi connectivity index (χ3v) is 3.62. The molecule has 1 unspecified atom stereocenters. The lowest BCUT2D eigenvalue weighted by molar-refractivity contribution is 0.360. The predicted octanol–water partition coefficient (Wildman–Crippen LogP) is 2.08. The number of hydrogen-bond acceptors (Lipinski definition) is 2. The molecule has 0 aromatic carbocycles. The molecule has 0 spiro atoms. The Morgan fingerprint density at radius 3 is 3.21 bits per heavy atom. The number of rotatable bonds is 2. The van der Waals surface area contributed by atoms with Crippen LogP contribution in [0.25, 0.3) is 0 Å². The predicted molar refractivity (Wildman–Crippen MR) is 60.7 cm³/mol. The molecule has 0 bridgehead atoms. The molecule has 0 radical (unpaired) electrons. The molecule has 1 atom stereocenters. The molecular weight excluding hydrogens is 265 g/mol. The molecule has 14 heavy (non-hydrogen) atoms. The van der Waals surface area contributed by atoms with Crippen molar-refractivity contribution in [1.29, 1.82) is 0 Å². The molecule has 1 N–H and O–H groups in total. The zero-order chi connectivity index (χ0) is 10.1. The summed E-state index contributed by atoms with van der Waals surface area (Å²) in [5.74, 6) is 0.672. The molecule has 0 aliphatic carbocycles. The first kappa shape index (κ1) is 10.5. The topological polar surface area (TPSA) is 29.9 Å². The van der Waals surface area contributed by atoms with Crippen LogP contribution in [0.5, 0.6) is 0 Å². The Labute approximate surface area is 97.0 Å². The molecule has 3 nitrogen and oxygen atoms in total. The highest BCUT2D eigenvalue weighted by Crippen LogP contribution is 2.29. The maximum absolute atomic E-state index is 6.03. The molecule has 0 amide bonds. The van der Waals surface area contributed by atoms with Crippen molar-refractivity contribution in [3.63, 3.8) is 0 Å². The lowest BCUT2D eigenvalue weighted by Gasteiger charge is -2.24. The molecule has 1 aliphatic heterocycles. The minimum Gasteiger partial charge on any atom is -0.319 e. The maximum Gasteiger partial charge on any atom is 0.204 e. The van der Waals surface area contributed by atoms with Gasteiger partial charge >= 0.3 is 0 Å². The van der Waals surface area contributed by atoms with Gasteiger partial charge in [-0.25, -0.2) is 4.98 Å². The highest BCUT2D eigenvalue weighted by Gasteiger charge is 2.23. The number of fused-ring (bicyclic) bond motifs is 1. The van der Waals surface area contributed by atoms with Gasteiger partial charge in [0.15, 0.2) is 0 Å². The fourth-order valence-corrected chi connectivity index (χ4v) is 2.94. The van der Waals surface area contributed by atoms with E-state index < -0.39 is 0 Å². The quantitative estimate of drug-likeness (QED) is 0.898. The van der Waals surface area contributed by atoms with E-state index in [2.05, 4.69) is 30.8 Å². The zero-order valence-corrected chi connectivity index (χ0v) is 10.4. The largest absolute Gasteiger partial charge is 0.319 e. The number of imidazole rings is 1. The molecule has 0 saturated heterocycles. The number of halogens is 2. The summed E-state index contributed by atoms with van der Waals surface area (Å²) in [5.41, 5.74) is 1.24. The molecule has 1 aromatic heterocycles. The first-order chi connectivity index (χ1) is 6.72. The van der Waals surface area contributed by atoms with E-state index in [0.29, 0.717) is 11.2 Å². The van der Waals surface area contributed by atoms with Crippen molar-refractivity contribution in [3.8, 4) is 0 Å². The Hall–Kier alpha value is -0.0600. The normalized spacial score (nSPS) is 20.9. The van der Waals surface area contributed by atoms with E-state index in [4.69, 9.17) is 11.6 Å². The van der Waals surface area contributed by atoms with Gasteiger partial charge in [0.2, 0.25) is 5.28 Å². The fourth-order valence-electron chi connectivity index (χ4n) is 2.00. The van der Waals surface area contributed by atoms with E-state index in [-0.39, 0.29) is 0 Å². The van der Waals surface area contributed by atoms with E-state index in [0.717, 1.165) is 24.1 Å². The first-order valence-electron chi connectivity index (χ1n) is 4.77. The van der Waals surface area contributed by atoms with Crippen LogP contribution in [0, 0.1) is 5.92 Å². The van der Waals surface area contributed by atoms with Crippen LogP contribution >= 0.6 is 27.5 Å². The average molecular weight is 279 g/mol. The molecule has 0 saturated carbocycles. The van der Waals surface area contributed by atoms with Crippen LogP contribution in [0.15, 0.2) is 4.60 Å². The Morgan fingerprint density at radius 1 is 1.71 bits per heavy atom. The van der Waals surface area contributed by atoms with E-state index in [1.165, 1.54) is 12.1 Å². The van der Waals surface area contributed by atoms with Gasteiger partial charge in [-0.2, -0.15) is 0 Å². The number of hydrogen-bond donors (Lipinski definition) is 1. The maximum atomic E-state index is 6.03. The zero-order valence-electron chi connectivity index (χ0n) is 8.06. The SMILES string of the molecule is CNCC1CCc2c(Br)nc(Cl)n2C1.